The maximum Gasteiger partial charge on any atom is 0.265 e. The maximum atomic E-state index is 12.5. The van der Waals surface area contributed by atoms with Crippen molar-refractivity contribution in [2.24, 2.45) is 0 Å². The molecule has 0 unspecified atom stereocenters. The fraction of sp³-hybridized carbons (Fsp3) is 0.0625. The van der Waals surface area contributed by atoms with E-state index >= 15 is 0 Å². The van der Waals surface area contributed by atoms with Crippen LogP contribution in [0.4, 0.5) is 11.4 Å². The molecule has 3 N–H and O–H groups in total. The Kier molecular flexibility index (Phi) is 4.46. The Hall–Kier alpha value is -2.51. The van der Waals surface area contributed by atoms with E-state index in [1.165, 1.54) is 18.3 Å². The SMILES string of the molecule is Nc1cccc(Cl)c1S(=O)(=O)Nc1cnn(Cc2ccccc2)c1. The van der Waals surface area contributed by atoms with Gasteiger partial charge in [0.25, 0.3) is 10.0 Å². The third-order valence-corrected chi connectivity index (χ3v) is 5.26. The first-order valence-corrected chi connectivity index (χ1v) is 8.95. The molecule has 24 heavy (non-hydrogen) atoms. The van der Waals surface area contributed by atoms with Crippen molar-refractivity contribution in [3.05, 3.63) is 71.5 Å². The van der Waals surface area contributed by atoms with Gasteiger partial charge >= 0.3 is 0 Å². The van der Waals surface area contributed by atoms with Crippen LogP contribution < -0.4 is 10.5 Å². The van der Waals surface area contributed by atoms with Gasteiger partial charge in [-0.05, 0) is 17.7 Å². The second-order valence-corrected chi connectivity index (χ2v) is 7.20. The summed E-state index contributed by atoms with van der Waals surface area (Å²) in [5, 5.41) is 4.23. The highest BCUT2D eigenvalue weighted by Gasteiger charge is 2.21. The Balaban J connectivity index is 1.81. The van der Waals surface area contributed by atoms with Crippen molar-refractivity contribution >= 4 is 33.0 Å². The first-order valence-electron chi connectivity index (χ1n) is 7.09. The van der Waals surface area contributed by atoms with Crippen LogP contribution in [0, 0.1) is 0 Å². The van der Waals surface area contributed by atoms with Crippen molar-refractivity contribution in [1.82, 2.24) is 9.78 Å². The van der Waals surface area contributed by atoms with Gasteiger partial charge in [-0.2, -0.15) is 5.10 Å². The van der Waals surface area contributed by atoms with Gasteiger partial charge in [-0.1, -0.05) is 48.0 Å². The van der Waals surface area contributed by atoms with Crippen molar-refractivity contribution in [1.29, 1.82) is 0 Å². The van der Waals surface area contributed by atoms with Gasteiger partial charge in [0.05, 0.1) is 29.1 Å². The molecule has 0 atom stereocenters. The van der Waals surface area contributed by atoms with Crippen molar-refractivity contribution < 1.29 is 8.42 Å². The number of halogens is 1. The summed E-state index contributed by atoms with van der Waals surface area (Å²) in [4.78, 5) is -0.137. The Morgan fingerprint density at radius 3 is 2.58 bits per heavy atom. The highest BCUT2D eigenvalue weighted by molar-refractivity contribution is 7.93. The van der Waals surface area contributed by atoms with Crippen molar-refractivity contribution in [2.45, 2.75) is 11.4 Å². The molecule has 0 radical (unpaired) electrons. The van der Waals surface area contributed by atoms with Gasteiger partial charge in [-0.25, -0.2) is 8.42 Å². The van der Waals surface area contributed by atoms with Crippen LogP contribution in [-0.2, 0) is 16.6 Å². The molecule has 0 aliphatic heterocycles. The van der Waals surface area contributed by atoms with Gasteiger partial charge in [0.1, 0.15) is 4.90 Å². The number of aromatic nitrogens is 2. The quantitative estimate of drug-likeness (QED) is 0.683. The van der Waals surface area contributed by atoms with E-state index < -0.39 is 10.0 Å². The van der Waals surface area contributed by atoms with Gasteiger partial charge in [0, 0.05) is 6.20 Å². The monoisotopic (exact) mass is 362 g/mol. The van der Waals surface area contributed by atoms with E-state index in [0.29, 0.717) is 12.2 Å². The second kappa shape index (κ2) is 6.54. The molecule has 0 fully saturated rings. The number of hydrogen-bond donors (Lipinski definition) is 2. The average molecular weight is 363 g/mol. The van der Waals surface area contributed by atoms with Crippen molar-refractivity contribution in [3.63, 3.8) is 0 Å². The van der Waals surface area contributed by atoms with Crippen molar-refractivity contribution in [2.75, 3.05) is 10.5 Å². The van der Waals surface area contributed by atoms with Crippen LogP contribution >= 0.6 is 11.6 Å². The second-order valence-electron chi connectivity index (χ2n) is 5.18. The van der Waals surface area contributed by atoms with Crippen LogP contribution in [0.3, 0.4) is 0 Å². The fourth-order valence-corrected chi connectivity index (χ4v) is 4.00. The normalized spacial score (nSPS) is 11.4. The number of benzene rings is 2. The molecule has 1 heterocycles. The lowest BCUT2D eigenvalue weighted by Gasteiger charge is -2.10. The molecule has 0 aliphatic carbocycles. The average Bonchev–Trinajstić information content (AvgIpc) is 2.94. The van der Waals surface area contributed by atoms with Crippen LogP contribution in [-0.4, -0.2) is 18.2 Å². The van der Waals surface area contributed by atoms with E-state index in [2.05, 4.69) is 9.82 Å². The molecule has 0 saturated carbocycles. The molecule has 8 heteroatoms. The Bertz CT molecular complexity index is 935. The van der Waals surface area contributed by atoms with Gasteiger partial charge in [-0.15, -0.1) is 0 Å². The lowest BCUT2D eigenvalue weighted by Crippen LogP contribution is -2.15. The summed E-state index contributed by atoms with van der Waals surface area (Å²) in [6.07, 6.45) is 3.05. The summed E-state index contributed by atoms with van der Waals surface area (Å²) >= 11 is 5.97. The summed E-state index contributed by atoms with van der Waals surface area (Å²) in [7, 11) is -3.89. The van der Waals surface area contributed by atoms with Crippen LogP contribution in [0.15, 0.2) is 65.8 Å². The molecule has 6 nitrogen and oxygen atoms in total. The summed E-state index contributed by atoms with van der Waals surface area (Å²) in [5.74, 6) is 0. The largest absolute Gasteiger partial charge is 0.398 e. The molecule has 1 aromatic heterocycles. The number of rotatable bonds is 5. The molecule has 3 aromatic rings. The highest BCUT2D eigenvalue weighted by Crippen LogP contribution is 2.28. The zero-order chi connectivity index (χ0) is 17.2. The first-order chi connectivity index (χ1) is 11.5. The van der Waals surface area contributed by atoms with E-state index in [9.17, 15) is 8.42 Å². The maximum absolute atomic E-state index is 12.5. The smallest absolute Gasteiger partial charge is 0.265 e. The van der Waals surface area contributed by atoms with Crippen LogP contribution in [0.5, 0.6) is 0 Å². The predicted molar refractivity (Wildman–Crippen MR) is 94.4 cm³/mol. The third kappa shape index (κ3) is 3.52. The zero-order valence-electron chi connectivity index (χ0n) is 12.6. The number of nitrogens with one attached hydrogen (secondary N) is 1. The topological polar surface area (TPSA) is 90.0 Å². The lowest BCUT2D eigenvalue weighted by atomic mass is 10.2. The van der Waals surface area contributed by atoms with Gasteiger partial charge in [0.2, 0.25) is 0 Å². The summed E-state index contributed by atoms with van der Waals surface area (Å²) in [6.45, 7) is 0.538. The van der Waals surface area contributed by atoms with Crippen LogP contribution in [0.1, 0.15) is 5.56 Å². The number of nitrogens with two attached hydrogens (primary N) is 1. The number of sulfonamides is 1. The minimum atomic E-state index is -3.89. The third-order valence-electron chi connectivity index (χ3n) is 3.34. The van der Waals surface area contributed by atoms with Crippen molar-refractivity contribution in [3.8, 4) is 0 Å². The highest BCUT2D eigenvalue weighted by atomic mass is 35.5. The van der Waals surface area contributed by atoms with E-state index in [-0.39, 0.29) is 15.6 Å². The number of nitrogens with zero attached hydrogens (tertiary/aromatic N) is 2. The minimum Gasteiger partial charge on any atom is -0.398 e. The van der Waals surface area contributed by atoms with Gasteiger partial charge in [0.15, 0.2) is 0 Å². The predicted octanol–water partition coefficient (Wildman–Crippen LogP) is 2.97. The van der Waals surface area contributed by atoms with E-state index in [0.717, 1.165) is 5.56 Å². The number of anilines is 2. The Morgan fingerprint density at radius 2 is 1.88 bits per heavy atom. The number of hydrogen-bond acceptors (Lipinski definition) is 4. The summed E-state index contributed by atoms with van der Waals surface area (Å²) in [5.41, 5.74) is 7.23. The van der Waals surface area contributed by atoms with E-state index in [1.807, 2.05) is 30.3 Å². The van der Waals surface area contributed by atoms with Gasteiger partial charge in [-0.3, -0.25) is 9.40 Å². The minimum absolute atomic E-state index is 0.0687. The fourth-order valence-electron chi connectivity index (χ4n) is 2.29. The standard InChI is InChI=1S/C16H15ClN4O2S/c17-14-7-4-8-15(18)16(14)24(22,23)20-13-9-19-21(11-13)10-12-5-2-1-3-6-12/h1-9,11,20H,10,18H2. The van der Waals surface area contributed by atoms with E-state index in [4.69, 9.17) is 17.3 Å². The van der Waals surface area contributed by atoms with Crippen LogP contribution in [0.25, 0.3) is 0 Å². The molecule has 0 amide bonds. The molecule has 0 saturated heterocycles. The first kappa shape index (κ1) is 16.4. The Labute approximate surface area is 144 Å². The lowest BCUT2D eigenvalue weighted by molar-refractivity contribution is 0.601. The Morgan fingerprint density at radius 1 is 1.12 bits per heavy atom. The summed E-state index contributed by atoms with van der Waals surface area (Å²) < 4.78 is 29.1. The molecular formula is C16H15ClN4O2S. The molecule has 3 rings (SSSR count). The summed E-state index contributed by atoms with van der Waals surface area (Å²) in [6, 6.07) is 14.3. The molecule has 0 bridgehead atoms. The molecule has 0 aliphatic rings. The molecular weight excluding hydrogens is 348 g/mol. The molecule has 2 aromatic carbocycles. The van der Waals surface area contributed by atoms with Gasteiger partial charge < -0.3 is 5.73 Å². The number of nitrogen functional groups attached to an aromatic ring is 1. The molecule has 124 valence electrons. The van der Waals surface area contributed by atoms with Crippen LogP contribution in [0.2, 0.25) is 5.02 Å². The zero-order valence-corrected chi connectivity index (χ0v) is 14.1. The van der Waals surface area contributed by atoms with E-state index in [1.54, 1.807) is 16.9 Å². The molecule has 0 spiro atoms.